The fraction of sp³-hybridized carbons (Fsp3) is 0.693. The van der Waals surface area contributed by atoms with Crippen molar-refractivity contribution in [3.8, 4) is 0 Å². The monoisotopic (exact) mass is 1190 g/mol. The first kappa shape index (κ1) is 80.6. The molecule has 0 heterocycles. The fourth-order valence-corrected chi connectivity index (χ4v) is 10.2. The Morgan fingerprint density at radius 2 is 0.738 bits per heavy atom. The number of carbonyl (C=O) groups is 1. The minimum absolute atomic E-state index is 0.0113. The number of likely N-dealkylation sites (N-methyl/N-ethyl adjacent to an activating group) is 1. The summed E-state index contributed by atoms with van der Waals surface area (Å²) in [5.74, 6) is -0.211. The summed E-state index contributed by atoms with van der Waals surface area (Å²) in [6.45, 7) is 4.52. The summed E-state index contributed by atoms with van der Waals surface area (Å²) in [4.78, 5) is 25.6. The van der Waals surface area contributed by atoms with E-state index >= 15 is 0 Å². The zero-order valence-electron chi connectivity index (χ0n) is 55.1. The van der Waals surface area contributed by atoms with Crippen LogP contribution in [-0.4, -0.2) is 68.5 Å². The molecule has 0 aliphatic rings. The Labute approximate surface area is 519 Å². The normalized spacial score (nSPS) is 14.5. The molecule has 0 bridgehead atoms. The van der Waals surface area contributed by atoms with E-state index in [9.17, 15) is 19.4 Å². The molecule has 0 aromatic carbocycles. The van der Waals surface area contributed by atoms with Crippen LogP contribution in [0.4, 0.5) is 0 Å². The number of quaternary nitrogens is 1. The van der Waals surface area contributed by atoms with Crippen LogP contribution in [0.25, 0.3) is 0 Å². The summed E-state index contributed by atoms with van der Waals surface area (Å²) in [7, 11) is 1.24. The Kier molecular flexibility index (Phi) is 61.6. The van der Waals surface area contributed by atoms with Crippen LogP contribution >= 0.6 is 7.82 Å². The van der Waals surface area contributed by atoms with Crippen LogP contribution in [0, 0.1) is 0 Å². The lowest BCUT2D eigenvalue weighted by molar-refractivity contribution is -0.870. The van der Waals surface area contributed by atoms with Gasteiger partial charge in [-0.2, -0.15) is 0 Å². The van der Waals surface area contributed by atoms with E-state index in [0.717, 1.165) is 96.3 Å². The van der Waals surface area contributed by atoms with Crippen molar-refractivity contribution >= 4 is 13.7 Å². The van der Waals surface area contributed by atoms with Crippen molar-refractivity contribution in [3.05, 3.63) is 134 Å². The SMILES string of the molecule is CC/C=C\C/C=C\C/C=C\C/C=C\C/C=C\C/C=C\C/C=C\C/C=C\C/C=C\CCCCCCCCCCCCCCCC(=O)NC(COP(=O)([O-])OCC[N+](C)(C)C)C(O)/C=C/CC/C=C/CCCCCCCCCCCCCCCCC. The Hall–Kier alpha value is -3.36. The number of aliphatic hydroxyl groups is 1. The Bertz CT molecular complexity index is 1830. The molecule has 84 heavy (non-hydrogen) atoms. The first-order chi connectivity index (χ1) is 41.0. The summed E-state index contributed by atoms with van der Waals surface area (Å²) in [5, 5.41) is 13.9. The number of phosphoric acid groups is 1. The standard InChI is InChI=1S/C75H131N2O6P/c1-6-8-10-12-14-16-18-20-22-24-26-28-29-30-31-32-33-34-35-36-37-38-39-40-41-42-43-44-45-46-47-49-51-53-55-57-59-61-63-65-67-69-75(79)76-73(72-83-84(80,81)82-71-70-77(3,4)5)74(78)68-66-64-62-60-58-56-54-52-50-48-27-25-23-21-19-17-15-13-11-9-7-2/h8,10,14,16,20,22,26,28,30-31,33-34,36-37,39-40,42-43,58,60,66,68,73-74,78H,6-7,9,11-13,15,17-19,21,23-25,27,29,32,35,38,41,44-57,59,61-65,67,69-72H2,1-5H3,(H-,76,79,80,81)/b10-8-,16-14-,22-20-,28-26-,31-30-,34-33-,37-36-,40-39-,43-42-,60-58+,68-66+. The average Bonchev–Trinajstić information content (AvgIpc) is 3.56. The van der Waals surface area contributed by atoms with Gasteiger partial charge in [0.2, 0.25) is 5.91 Å². The lowest BCUT2D eigenvalue weighted by Crippen LogP contribution is -2.45. The number of unbranched alkanes of at least 4 members (excludes halogenated alkanes) is 29. The molecule has 0 fully saturated rings. The molecule has 1 amide bonds. The van der Waals surface area contributed by atoms with Gasteiger partial charge >= 0.3 is 0 Å². The molecule has 0 aromatic rings. The molecule has 0 saturated carbocycles. The number of phosphoric ester groups is 1. The van der Waals surface area contributed by atoms with E-state index in [1.807, 2.05) is 27.2 Å². The molecular weight excluding hydrogens is 1060 g/mol. The molecule has 0 aromatic heterocycles. The Morgan fingerprint density at radius 3 is 1.11 bits per heavy atom. The quantitative estimate of drug-likeness (QED) is 0.0272. The highest BCUT2D eigenvalue weighted by Gasteiger charge is 2.23. The summed E-state index contributed by atoms with van der Waals surface area (Å²) in [5.41, 5.74) is 0. The van der Waals surface area contributed by atoms with E-state index in [1.165, 1.54) is 167 Å². The number of aliphatic hydroxyl groups excluding tert-OH is 1. The van der Waals surface area contributed by atoms with E-state index < -0.39 is 26.6 Å². The van der Waals surface area contributed by atoms with Gasteiger partial charge in [0.1, 0.15) is 13.2 Å². The van der Waals surface area contributed by atoms with Crippen LogP contribution in [0.15, 0.2) is 134 Å². The lowest BCUT2D eigenvalue weighted by Gasteiger charge is -2.29. The average molecular weight is 1190 g/mol. The van der Waals surface area contributed by atoms with Crippen molar-refractivity contribution in [1.29, 1.82) is 0 Å². The predicted octanol–water partition coefficient (Wildman–Crippen LogP) is 21.6. The number of amides is 1. The molecule has 0 spiro atoms. The molecule has 8 nitrogen and oxygen atoms in total. The Morgan fingerprint density at radius 1 is 0.429 bits per heavy atom. The number of allylic oxidation sites excluding steroid dienone is 21. The van der Waals surface area contributed by atoms with Crippen molar-refractivity contribution in [2.75, 3.05) is 40.9 Å². The number of rotatable bonds is 62. The molecule has 0 radical (unpaired) electrons. The third-order valence-corrected chi connectivity index (χ3v) is 15.8. The number of hydrogen-bond donors (Lipinski definition) is 2. The van der Waals surface area contributed by atoms with Crippen LogP contribution in [-0.2, 0) is 18.4 Å². The van der Waals surface area contributed by atoms with Crippen LogP contribution in [0.1, 0.15) is 284 Å². The largest absolute Gasteiger partial charge is 0.756 e. The molecule has 482 valence electrons. The van der Waals surface area contributed by atoms with Gasteiger partial charge in [0.15, 0.2) is 0 Å². The Balaban J connectivity index is 4.10. The fourth-order valence-electron chi connectivity index (χ4n) is 9.52. The van der Waals surface area contributed by atoms with Gasteiger partial charge in [-0.25, -0.2) is 0 Å². The van der Waals surface area contributed by atoms with Crippen molar-refractivity contribution in [2.24, 2.45) is 0 Å². The first-order valence-electron chi connectivity index (χ1n) is 34.5. The number of carbonyl (C=O) groups excluding carboxylic acids is 1. The van der Waals surface area contributed by atoms with E-state index in [1.54, 1.807) is 6.08 Å². The third-order valence-electron chi connectivity index (χ3n) is 14.8. The highest BCUT2D eigenvalue weighted by atomic mass is 31.2. The molecule has 3 atom stereocenters. The number of nitrogens with zero attached hydrogens (tertiary/aromatic N) is 1. The van der Waals surface area contributed by atoms with Crippen molar-refractivity contribution in [3.63, 3.8) is 0 Å². The number of nitrogens with one attached hydrogen (secondary N) is 1. The molecule has 2 N–H and O–H groups in total. The van der Waals surface area contributed by atoms with Gasteiger partial charge in [-0.05, 0) is 103 Å². The second kappa shape index (κ2) is 64.1. The van der Waals surface area contributed by atoms with E-state index in [4.69, 9.17) is 9.05 Å². The van der Waals surface area contributed by atoms with E-state index in [0.29, 0.717) is 17.4 Å². The zero-order chi connectivity index (χ0) is 61.2. The highest BCUT2D eigenvalue weighted by Crippen LogP contribution is 2.38. The molecule has 0 aliphatic heterocycles. The van der Waals surface area contributed by atoms with Gasteiger partial charge in [-0.1, -0.05) is 308 Å². The molecule has 3 unspecified atom stereocenters. The predicted molar refractivity (Wildman–Crippen MR) is 366 cm³/mol. The summed E-state index contributed by atoms with van der Waals surface area (Å²) in [6, 6.07) is -0.913. The van der Waals surface area contributed by atoms with E-state index in [2.05, 4.69) is 141 Å². The van der Waals surface area contributed by atoms with Gasteiger partial charge in [0, 0.05) is 6.42 Å². The van der Waals surface area contributed by atoms with Crippen LogP contribution in [0.2, 0.25) is 0 Å². The van der Waals surface area contributed by atoms with Crippen LogP contribution in [0.3, 0.4) is 0 Å². The van der Waals surface area contributed by atoms with Crippen LogP contribution in [0.5, 0.6) is 0 Å². The van der Waals surface area contributed by atoms with Gasteiger partial charge < -0.3 is 28.8 Å². The smallest absolute Gasteiger partial charge is 0.268 e. The maximum absolute atomic E-state index is 13.0. The molecule has 0 rings (SSSR count). The summed E-state index contributed by atoms with van der Waals surface area (Å²) in [6.07, 6.45) is 97.1. The summed E-state index contributed by atoms with van der Waals surface area (Å²) < 4.78 is 23.4. The van der Waals surface area contributed by atoms with Gasteiger partial charge in [-0.15, -0.1) is 0 Å². The second-order valence-electron chi connectivity index (χ2n) is 24.1. The molecule has 0 saturated heterocycles. The first-order valence-corrected chi connectivity index (χ1v) is 36.0. The zero-order valence-corrected chi connectivity index (χ0v) is 56.0. The van der Waals surface area contributed by atoms with Gasteiger partial charge in [0.05, 0.1) is 39.9 Å². The maximum Gasteiger partial charge on any atom is 0.268 e. The van der Waals surface area contributed by atoms with Gasteiger partial charge in [-0.3, -0.25) is 9.36 Å². The summed E-state index contributed by atoms with van der Waals surface area (Å²) >= 11 is 0. The van der Waals surface area contributed by atoms with Crippen molar-refractivity contribution in [1.82, 2.24) is 5.32 Å². The number of hydrogen-bond acceptors (Lipinski definition) is 6. The molecule has 0 aliphatic carbocycles. The molecular formula is C75H131N2O6P. The third kappa shape index (κ3) is 66.2. The minimum Gasteiger partial charge on any atom is -0.756 e. The minimum atomic E-state index is -4.62. The topological polar surface area (TPSA) is 108 Å². The lowest BCUT2D eigenvalue weighted by atomic mass is 10.0. The molecule has 9 heteroatoms. The van der Waals surface area contributed by atoms with E-state index in [-0.39, 0.29) is 12.5 Å². The van der Waals surface area contributed by atoms with Crippen LogP contribution < -0.4 is 10.2 Å². The highest BCUT2D eigenvalue weighted by molar-refractivity contribution is 7.45. The maximum atomic E-state index is 13.0. The van der Waals surface area contributed by atoms with Gasteiger partial charge in [0.25, 0.3) is 7.82 Å². The van der Waals surface area contributed by atoms with Crippen molar-refractivity contribution < 1.29 is 32.9 Å². The second-order valence-corrected chi connectivity index (χ2v) is 25.6. The van der Waals surface area contributed by atoms with Crippen molar-refractivity contribution in [2.45, 2.75) is 296 Å².